The predicted molar refractivity (Wildman–Crippen MR) is 102 cm³/mol. The molecule has 0 radical (unpaired) electrons. The maximum Gasteiger partial charge on any atom is 0.0595 e. The van der Waals surface area contributed by atoms with Crippen molar-refractivity contribution in [1.29, 1.82) is 0 Å². The molecule has 6 heteroatoms. The lowest BCUT2D eigenvalue weighted by molar-refractivity contribution is 0.685. The fraction of sp³-hybridized carbons (Fsp3) is 0.125. The van der Waals surface area contributed by atoms with E-state index < -0.39 is 10.8 Å². The van der Waals surface area contributed by atoms with E-state index in [0.29, 0.717) is 15.8 Å². The van der Waals surface area contributed by atoms with Crippen LogP contribution in [0.2, 0.25) is 10.0 Å². The molecule has 0 heterocycles. The van der Waals surface area contributed by atoms with Gasteiger partial charge in [-0.2, -0.15) is 0 Å². The van der Waals surface area contributed by atoms with Gasteiger partial charge in [0.2, 0.25) is 0 Å². The number of hydrogen-bond acceptors (Lipinski definition) is 3. The van der Waals surface area contributed by atoms with Crippen molar-refractivity contribution in [2.45, 2.75) is 10.6 Å². The number of hydrogen-bond donors (Lipinski definition) is 0. The van der Waals surface area contributed by atoms with E-state index in [9.17, 15) is 4.21 Å². The summed E-state index contributed by atoms with van der Waals surface area (Å²) >= 11 is 11.9. The molecular formula is C16H14Cl2OS3. The van der Waals surface area contributed by atoms with Crippen molar-refractivity contribution >= 4 is 55.6 Å². The second-order valence-corrected chi connectivity index (χ2v) is 8.89. The van der Waals surface area contributed by atoms with Gasteiger partial charge in [-0.25, -0.2) is 0 Å². The SMILES string of the molecule is O=S(C/C=C\SSCc1ccc(Cl)c(Cl)c1)c1ccccc1. The van der Waals surface area contributed by atoms with Gasteiger partial charge in [-0.3, -0.25) is 4.21 Å². The van der Waals surface area contributed by atoms with Crippen molar-refractivity contribution in [2.75, 3.05) is 5.75 Å². The van der Waals surface area contributed by atoms with Crippen LogP contribution in [0.4, 0.5) is 0 Å². The first kappa shape index (κ1) is 18.0. The summed E-state index contributed by atoms with van der Waals surface area (Å²) in [5.41, 5.74) is 1.13. The molecule has 0 aliphatic carbocycles. The molecule has 0 fully saturated rings. The number of halogens is 2. The Morgan fingerprint density at radius 2 is 1.82 bits per heavy atom. The van der Waals surface area contributed by atoms with Crippen molar-refractivity contribution in [3.05, 3.63) is 75.6 Å². The Hall–Kier alpha value is -0.390. The molecule has 2 aromatic rings. The quantitative estimate of drug-likeness (QED) is 0.415. The molecule has 0 saturated heterocycles. The van der Waals surface area contributed by atoms with Gasteiger partial charge in [0, 0.05) is 16.4 Å². The summed E-state index contributed by atoms with van der Waals surface area (Å²) in [6, 6.07) is 15.2. The van der Waals surface area contributed by atoms with Gasteiger partial charge in [0.05, 0.1) is 20.8 Å². The van der Waals surface area contributed by atoms with E-state index in [0.717, 1.165) is 16.2 Å². The topological polar surface area (TPSA) is 17.1 Å². The van der Waals surface area contributed by atoms with Crippen LogP contribution in [0.15, 0.2) is 64.9 Å². The molecule has 2 aromatic carbocycles. The van der Waals surface area contributed by atoms with Crippen LogP contribution in [-0.2, 0) is 16.6 Å². The van der Waals surface area contributed by atoms with Crippen molar-refractivity contribution < 1.29 is 4.21 Å². The van der Waals surface area contributed by atoms with E-state index in [1.807, 2.05) is 60.0 Å². The minimum absolute atomic E-state index is 0.532. The summed E-state index contributed by atoms with van der Waals surface area (Å²) in [6.45, 7) is 0. The van der Waals surface area contributed by atoms with E-state index in [1.165, 1.54) is 0 Å². The smallest absolute Gasteiger partial charge is 0.0595 e. The lowest BCUT2D eigenvalue weighted by Gasteiger charge is -2.01. The Labute approximate surface area is 151 Å². The highest BCUT2D eigenvalue weighted by Crippen LogP contribution is 2.30. The Morgan fingerprint density at radius 3 is 2.55 bits per heavy atom. The summed E-state index contributed by atoms with van der Waals surface area (Å²) < 4.78 is 12.0. The Morgan fingerprint density at radius 1 is 1.05 bits per heavy atom. The van der Waals surface area contributed by atoms with Gasteiger partial charge in [0.25, 0.3) is 0 Å². The second-order valence-electron chi connectivity index (χ2n) is 4.30. The summed E-state index contributed by atoms with van der Waals surface area (Å²) in [7, 11) is 2.35. The van der Waals surface area contributed by atoms with E-state index in [1.54, 1.807) is 21.6 Å². The first-order valence-corrected chi connectivity index (χ1v) is 10.9. The standard InChI is InChI=1S/C16H14Cl2OS3/c17-15-8-7-13(11-16(15)18)12-21-20-9-4-10-22(19)14-5-2-1-3-6-14/h1-9,11H,10,12H2/b9-4-. The Bertz CT molecular complexity index is 660. The first-order valence-electron chi connectivity index (χ1n) is 6.47. The first-order chi connectivity index (χ1) is 10.7. The molecule has 1 atom stereocenters. The van der Waals surface area contributed by atoms with Gasteiger partial charge in [-0.15, -0.1) is 0 Å². The molecule has 0 aliphatic rings. The third-order valence-corrected chi connectivity index (χ3v) is 6.70. The maximum atomic E-state index is 12.0. The third kappa shape index (κ3) is 6.01. The van der Waals surface area contributed by atoms with Gasteiger partial charge in [-0.05, 0) is 35.2 Å². The average Bonchev–Trinajstić information content (AvgIpc) is 2.54. The molecule has 0 bridgehead atoms. The van der Waals surface area contributed by atoms with Gasteiger partial charge >= 0.3 is 0 Å². The van der Waals surface area contributed by atoms with Crippen LogP contribution in [0.1, 0.15) is 5.56 Å². The largest absolute Gasteiger partial charge is 0.254 e. The summed E-state index contributed by atoms with van der Waals surface area (Å²) in [5, 5.41) is 3.13. The van der Waals surface area contributed by atoms with Crippen LogP contribution in [0.25, 0.3) is 0 Å². The molecule has 116 valence electrons. The molecule has 0 saturated carbocycles. The van der Waals surface area contributed by atoms with Crippen LogP contribution < -0.4 is 0 Å². The van der Waals surface area contributed by atoms with Crippen molar-refractivity contribution in [3.8, 4) is 0 Å². The predicted octanol–water partition coefficient (Wildman–Crippen LogP) is 6.20. The van der Waals surface area contributed by atoms with Gasteiger partial charge in [0.15, 0.2) is 0 Å². The highest BCUT2D eigenvalue weighted by Gasteiger charge is 2.00. The van der Waals surface area contributed by atoms with Crippen LogP contribution >= 0.6 is 44.8 Å². The fourth-order valence-corrected chi connectivity index (χ4v) is 4.69. The zero-order chi connectivity index (χ0) is 15.8. The Kier molecular flexibility index (Phi) is 7.90. The molecule has 2 rings (SSSR count). The normalized spacial score (nSPS) is 12.6. The van der Waals surface area contributed by atoms with E-state index >= 15 is 0 Å². The van der Waals surface area contributed by atoms with Crippen LogP contribution in [0.5, 0.6) is 0 Å². The molecule has 0 spiro atoms. The maximum absolute atomic E-state index is 12.0. The monoisotopic (exact) mass is 388 g/mol. The zero-order valence-corrected chi connectivity index (χ0v) is 15.5. The molecule has 1 unspecified atom stereocenters. The second kappa shape index (κ2) is 9.68. The Balaban J connectivity index is 1.70. The molecule has 0 aliphatic heterocycles. The van der Waals surface area contributed by atoms with Crippen LogP contribution in [0, 0.1) is 0 Å². The lowest BCUT2D eigenvalue weighted by atomic mass is 10.2. The minimum Gasteiger partial charge on any atom is -0.254 e. The molecule has 0 amide bonds. The fourth-order valence-electron chi connectivity index (χ4n) is 1.61. The van der Waals surface area contributed by atoms with Crippen LogP contribution in [0.3, 0.4) is 0 Å². The highest BCUT2D eigenvalue weighted by molar-refractivity contribution is 8.77. The zero-order valence-electron chi connectivity index (χ0n) is 11.6. The van der Waals surface area contributed by atoms with Gasteiger partial charge in [-0.1, -0.05) is 75.1 Å². The summed E-state index contributed by atoms with van der Waals surface area (Å²) in [5.74, 6) is 1.37. The van der Waals surface area contributed by atoms with E-state index in [2.05, 4.69) is 0 Å². The molecule has 0 aromatic heterocycles. The van der Waals surface area contributed by atoms with Crippen molar-refractivity contribution in [2.24, 2.45) is 0 Å². The third-order valence-electron chi connectivity index (χ3n) is 2.68. The van der Waals surface area contributed by atoms with Crippen LogP contribution in [-0.4, -0.2) is 9.96 Å². The van der Waals surface area contributed by atoms with E-state index in [-0.39, 0.29) is 0 Å². The van der Waals surface area contributed by atoms with Crippen molar-refractivity contribution in [3.63, 3.8) is 0 Å². The number of benzene rings is 2. The number of rotatable bonds is 7. The average molecular weight is 389 g/mol. The molecule has 1 nitrogen and oxygen atoms in total. The van der Waals surface area contributed by atoms with Crippen molar-refractivity contribution in [1.82, 2.24) is 0 Å². The molecule has 0 N–H and O–H groups in total. The van der Waals surface area contributed by atoms with Gasteiger partial charge in [0.1, 0.15) is 0 Å². The van der Waals surface area contributed by atoms with Gasteiger partial charge < -0.3 is 0 Å². The minimum atomic E-state index is -0.972. The highest BCUT2D eigenvalue weighted by atomic mass is 35.5. The molecule has 22 heavy (non-hydrogen) atoms. The van der Waals surface area contributed by atoms with E-state index in [4.69, 9.17) is 23.2 Å². The lowest BCUT2D eigenvalue weighted by Crippen LogP contribution is -1.93. The summed E-state index contributed by atoms with van der Waals surface area (Å²) in [6.07, 6.45) is 1.94. The summed E-state index contributed by atoms with van der Waals surface area (Å²) in [4.78, 5) is 0.862. The molecular weight excluding hydrogens is 375 g/mol.